The molecule has 0 amide bonds. The minimum Gasteiger partial charge on any atom is -0.303 e. The zero-order valence-electron chi connectivity index (χ0n) is 8.39. The smallest absolute Gasteiger partial charge is 0.282 e. The first-order valence-corrected chi connectivity index (χ1v) is 4.49. The van der Waals surface area contributed by atoms with Crippen LogP contribution in [-0.4, -0.2) is 11.2 Å². The van der Waals surface area contributed by atoms with Crippen LogP contribution < -0.4 is 0 Å². The largest absolute Gasteiger partial charge is 0.303 e. The van der Waals surface area contributed by atoms with E-state index in [2.05, 4.69) is 0 Å². The standard InChI is InChI=1S/C10H9F2NO3/c1-6(5-14)7-3-2-4-8(10(11)12)9(7)13(15)16/h2-6,10H,1H3. The molecular weight excluding hydrogens is 220 g/mol. The Morgan fingerprint density at radius 2 is 1.94 bits per heavy atom. The van der Waals surface area contributed by atoms with Crippen LogP contribution in [0.1, 0.15) is 30.4 Å². The highest BCUT2D eigenvalue weighted by atomic mass is 19.3. The topological polar surface area (TPSA) is 60.2 Å². The number of rotatable bonds is 4. The van der Waals surface area contributed by atoms with Crippen LogP contribution in [0, 0.1) is 10.1 Å². The third-order valence-corrected chi connectivity index (χ3v) is 2.21. The maximum Gasteiger partial charge on any atom is 0.282 e. The Hall–Kier alpha value is -1.85. The lowest BCUT2D eigenvalue weighted by molar-refractivity contribution is -0.387. The first-order valence-electron chi connectivity index (χ1n) is 4.49. The average Bonchev–Trinajstić information content (AvgIpc) is 2.26. The molecule has 6 heteroatoms. The molecule has 0 spiro atoms. The van der Waals surface area contributed by atoms with Crippen LogP contribution in [0.2, 0.25) is 0 Å². The third-order valence-electron chi connectivity index (χ3n) is 2.21. The molecule has 1 unspecified atom stereocenters. The third kappa shape index (κ3) is 2.21. The van der Waals surface area contributed by atoms with E-state index in [9.17, 15) is 23.7 Å². The predicted octanol–water partition coefficient (Wildman–Crippen LogP) is 2.83. The van der Waals surface area contributed by atoms with Crippen molar-refractivity contribution >= 4 is 12.0 Å². The number of hydrogen-bond donors (Lipinski definition) is 0. The summed E-state index contributed by atoms with van der Waals surface area (Å²) in [6.07, 6.45) is -2.45. The van der Waals surface area contributed by atoms with Gasteiger partial charge in [0.05, 0.1) is 10.5 Å². The summed E-state index contributed by atoms with van der Waals surface area (Å²) in [5.74, 6) is -0.779. The van der Waals surface area contributed by atoms with Gasteiger partial charge in [-0.3, -0.25) is 10.1 Å². The number of hydrogen-bond acceptors (Lipinski definition) is 3. The maximum atomic E-state index is 12.5. The van der Waals surface area contributed by atoms with E-state index in [1.807, 2.05) is 0 Å². The van der Waals surface area contributed by atoms with Gasteiger partial charge in [0, 0.05) is 11.5 Å². The summed E-state index contributed by atoms with van der Waals surface area (Å²) in [4.78, 5) is 20.4. The molecule has 1 aromatic rings. The molecule has 0 aromatic heterocycles. The van der Waals surface area contributed by atoms with Crippen LogP contribution in [-0.2, 0) is 4.79 Å². The second-order valence-electron chi connectivity index (χ2n) is 3.27. The molecule has 0 radical (unpaired) electrons. The second kappa shape index (κ2) is 4.78. The highest BCUT2D eigenvalue weighted by molar-refractivity contribution is 5.66. The Balaban J connectivity index is 3.44. The molecule has 0 saturated heterocycles. The van der Waals surface area contributed by atoms with Crippen molar-refractivity contribution in [3.63, 3.8) is 0 Å². The van der Waals surface area contributed by atoms with E-state index in [0.29, 0.717) is 6.29 Å². The van der Waals surface area contributed by atoms with Crippen LogP contribution in [0.3, 0.4) is 0 Å². The fourth-order valence-corrected chi connectivity index (χ4v) is 1.41. The number of benzene rings is 1. The van der Waals surface area contributed by atoms with E-state index in [1.54, 1.807) is 0 Å². The summed E-state index contributed by atoms with van der Waals surface area (Å²) in [6, 6.07) is 3.58. The quantitative estimate of drug-likeness (QED) is 0.453. The second-order valence-corrected chi connectivity index (χ2v) is 3.27. The molecule has 16 heavy (non-hydrogen) atoms. The van der Waals surface area contributed by atoms with Gasteiger partial charge < -0.3 is 4.79 Å². The van der Waals surface area contributed by atoms with E-state index < -0.39 is 28.5 Å². The van der Waals surface area contributed by atoms with Crippen molar-refractivity contribution < 1.29 is 18.5 Å². The number of carbonyl (C=O) groups excluding carboxylic acids is 1. The summed E-state index contributed by atoms with van der Waals surface area (Å²) >= 11 is 0. The van der Waals surface area contributed by atoms with Gasteiger partial charge in [-0.05, 0) is 6.07 Å². The number of para-hydroxylation sites is 1. The summed E-state index contributed by atoms with van der Waals surface area (Å²) in [5, 5.41) is 10.7. The molecule has 0 fully saturated rings. The maximum absolute atomic E-state index is 12.5. The van der Waals surface area contributed by atoms with Crippen LogP contribution in [0.15, 0.2) is 18.2 Å². The SMILES string of the molecule is CC(C=O)c1cccc(C(F)F)c1[N+](=O)[O-]. The highest BCUT2D eigenvalue weighted by Crippen LogP contribution is 2.34. The number of nitro groups is 1. The summed E-state index contributed by atoms with van der Waals surface area (Å²) < 4.78 is 25.1. The predicted molar refractivity (Wildman–Crippen MR) is 52.5 cm³/mol. The molecule has 0 heterocycles. The van der Waals surface area contributed by atoms with Crippen molar-refractivity contribution in [2.75, 3.05) is 0 Å². The lowest BCUT2D eigenvalue weighted by Gasteiger charge is -2.08. The normalized spacial score (nSPS) is 12.5. The van der Waals surface area contributed by atoms with Gasteiger partial charge in [0.2, 0.25) is 0 Å². The fourth-order valence-electron chi connectivity index (χ4n) is 1.41. The molecule has 1 aromatic carbocycles. The van der Waals surface area contributed by atoms with Crippen molar-refractivity contribution in [1.29, 1.82) is 0 Å². The van der Waals surface area contributed by atoms with Crippen LogP contribution in [0.25, 0.3) is 0 Å². The summed E-state index contributed by atoms with van der Waals surface area (Å²) in [7, 11) is 0. The molecule has 4 nitrogen and oxygen atoms in total. The minimum atomic E-state index is -2.93. The van der Waals surface area contributed by atoms with Crippen LogP contribution in [0.4, 0.5) is 14.5 Å². The molecule has 0 bridgehead atoms. The van der Waals surface area contributed by atoms with Crippen molar-refractivity contribution in [2.45, 2.75) is 19.3 Å². The van der Waals surface area contributed by atoms with Gasteiger partial charge in [0.25, 0.3) is 12.1 Å². The van der Waals surface area contributed by atoms with Gasteiger partial charge >= 0.3 is 0 Å². The van der Waals surface area contributed by atoms with Crippen molar-refractivity contribution in [1.82, 2.24) is 0 Å². The van der Waals surface area contributed by atoms with Gasteiger partial charge in [0.1, 0.15) is 6.29 Å². The van der Waals surface area contributed by atoms with Crippen molar-refractivity contribution in [3.8, 4) is 0 Å². The van der Waals surface area contributed by atoms with Crippen molar-refractivity contribution in [2.24, 2.45) is 0 Å². The van der Waals surface area contributed by atoms with E-state index in [0.717, 1.165) is 6.07 Å². The van der Waals surface area contributed by atoms with Gasteiger partial charge in [-0.2, -0.15) is 0 Å². The molecule has 0 aliphatic rings. The molecule has 0 aliphatic heterocycles. The Bertz CT molecular complexity index is 421. The molecule has 0 aliphatic carbocycles. The zero-order valence-corrected chi connectivity index (χ0v) is 8.39. The Labute approximate surface area is 90.0 Å². The van der Waals surface area contributed by atoms with E-state index in [1.165, 1.54) is 19.1 Å². The first kappa shape index (κ1) is 12.2. The molecule has 1 rings (SSSR count). The van der Waals surface area contributed by atoms with Crippen LogP contribution in [0.5, 0.6) is 0 Å². The summed E-state index contributed by atoms with van der Waals surface area (Å²) in [6.45, 7) is 1.42. The zero-order chi connectivity index (χ0) is 12.3. The average molecular weight is 229 g/mol. The van der Waals surface area contributed by atoms with Gasteiger partial charge in [-0.15, -0.1) is 0 Å². The van der Waals surface area contributed by atoms with Crippen molar-refractivity contribution in [3.05, 3.63) is 39.4 Å². The number of nitrogens with zero attached hydrogens (tertiary/aromatic N) is 1. The lowest BCUT2D eigenvalue weighted by atomic mass is 9.97. The number of alkyl halides is 2. The number of halogens is 2. The van der Waals surface area contributed by atoms with Gasteiger partial charge in [-0.25, -0.2) is 8.78 Å². The highest BCUT2D eigenvalue weighted by Gasteiger charge is 2.27. The summed E-state index contributed by atoms with van der Waals surface area (Å²) in [5.41, 5.74) is -1.31. The van der Waals surface area contributed by atoms with E-state index in [-0.39, 0.29) is 5.56 Å². The van der Waals surface area contributed by atoms with E-state index in [4.69, 9.17) is 0 Å². The molecule has 0 N–H and O–H groups in total. The Kier molecular flexibility index (Phi) is 3.65. The molecular formula is C10H9F2NO3. The first-order chi connectivity index (χ1) is 7.49. The lowest BCUT2D eigenvalue weighted by Crippen LogP contribution is -2.04. The van der Waals surface area contributed by atoms with E-state index >= 15 is 0 Å². The Morgan fingerprint density at radius 3 is 2.38 bits per heavy atom. The minimum absolute atomic E-state index is 0.0119. The van der Waals surface area contributed by atoms with Gasteiger partial charge in [0.15, 0.2) is 0 Å². The monoisotopic (exact) mass is 229 g/mol. The Morgan fingerprint density at radius 1 is 1.38 bits per heavy atom. The van der Waals surface area contributed by atoms with Crippen LogP contribution >= 0.6 is 0 Å². The fraction of sp³-hybridized carbons (Fsp3) is 0.300. The number of carbonyl (C=O) groups is 1. The molecule has 0 saturated carbocycles. The van der Waals surface area contributed by atoms with Gasteiger partial charge in [-0.1, -0.05) is 19.1 Å². The molecule has 1 atom stereocenters. The molecule has 86 valence electrons. The number of aldehydes is 1. The number of nitro benzene ring substituents is 1.